The van der Waals surface area contributed by atoms with Crippen LogP contribution in [0.2, 0.25) is 0 Å². The Kier molecular flexibility index (Phi) is 5.24. The molecule has 0 aliphatic rings. The molecule has 1 amide bonds. The summed E-state index contributed by atoms with van der Waals surface area (Å²) in [5.41, 5.74) is 2.06. The zero-order valence-corrected chi connectivity index (χ0v) is 13.2. The smallest absolute Gasteiger partial charge is 0.408 e. The molecule has 0 spiro atoms. The van der Waals surface area contributed by atoms with E-state index in [0.29, 0.717) is 12.2 Å². The van der Waals surface area contributed by atoms with Crippen LogP contribution in [0.1, 0.15) is 23.0 Å². The van der Waals surface area contributed by atoms with Gasteiger partial charge in [-0.15, -0.1) is 0 Å². The zero-order valence-electron chi connectivity index (χ0n) is 13.2. The number of amides is 1. The van der Waals surface area contributed by atoms with Gasteiger partial charge in [0.05, 0.1) is 6.04 Å². The van der Waals surface area contributed by atoms with Gasteiger partial charge in [0.25, 0.3) is 0 Å². The number of benzene rings is 2. The monoisotopic (exact) mass is 321 g/mol. The minimum absolute atomic E-state index is 0.239. The molecule has 0 fully saturated rings. The van der Waals surface area contributed by atoms with Crippen molar-refractivity contribution in [3.63, 3.8) is 0 Å². The van der Waals surface area contributed by atoms with Crippen molar-refractivity contribution < 1.29 is 9.53 Å². The van der Waals surface area contributed by atoms with Crippen molar-refractivity contribution >= 4 is 6.09 Å². The van der Waals surface area contributed by atoms with Crippen LogP contribution >= 0.6 is 0 Å². The standard InChI is InChI=1S/C19H19N3O2/c23-19(24-14-16-9-5-2-6-10-16)22-17(18-20-11-12-21-18)13-15-7-3-1-4-8-15/h1-12,17H,13-14H2,(H,20,21)(H,22,23). The van der Waals surface area contributed by atoms with E-state index in [-0.39, 0.29) is 12.6 Å². The summed E-state index contributed by atoms with van der Waals surface area (Å²) in [4.78, 5) is 19.5. The van der Waals surface area contributed by atoms with Crippen LogP contribution in [-0.4, -0.2) is 16.1 Å². The van der Waals surface area contributed by atoms with Crippen molar-refractivity contribution in [3.8, 4) is 0 Å². The maximum atomic E-state index is 12.1. The van der Waals surface area contributed by atoms with Gasteiger partial charge in [-0.1, -0.05) is 60.7 Å². The first-order valence-electron chi connectivity index (χ1n) is 7.81. The van der Waals surface area contributed by atoms with Crippen LogP contribution < -0.4 is 5.32 Å². The maximum absolute atomic E-state index is 12.1. The highest BCUT2D eigenvalue weighted by atomic mass is 16.5. The lowest BCUT2D eigenvalue weighted by molar-refractivity contribution is 0.135. The quantitative estimate of drug-likeness (QED) is 0.728. The number of carbonyl (C=O) groups excluding carboxylic acids is 1. The summed E-state index contributed by atoms with van der Waals surface area (Å²) in [6.45, 7) is 0.239. The molecular weight excluding hydrogens is 302 g/mol. The van der Waals surface area contributed by atoms with Gasteiger partial charge in [0.2, 0.25) is 0 Å². The van der Waals surface area contributed by atoms with Crippen molar-refractivity contribution in [2.45, 2.75) is 19.1 Å². The number of alkyl carbamates (subject to hydrolysis) is 1. The van der Waals surface area contributed by atoms with Crippen molar-refractivity contribution in [2.24, 2.45) is 0 Å². The van der Waals surface area contributed by atoms with Gasteiger partial charge in [-0.2, -0.15) is 0 Å². The highest BCUT2D eigenvalue weighted by Crippen LogP contribution is 2.15. The Morgan fingerprint density at radius 2 is 1.71 bits per heavy atom. The molecule has 1 unspecified atom stereocenters. The Labute approximate surface area is 140 Å². The number of H-pyrrole nitrogens is 1. The van der Waals surface area contributed by atoms with Crippen molar-refractivity contribution in [1.82, 2.24) is 15.3 Å². The summed E-state index contributed by atoms with van der Waals surface area (Å²) in [6.07, 6.45) is 3.58. The minimum Gasteiger partial charge on any atom is -0.445 e. The molecule has 0 bridgehead atoms. The molecule has 0 saturated heterocycles. The Hall–Kier alpha value is -3.08. The Morgan fingerprint density at radius 1 is 1.04 bits per heavy atom. The number of imidazole rings is 1. The normalized spacial score (nSPS) is 11.7. The molecule has 122 valence electrons. The lowest BCUT2D eigenvalue weighted by Crippen LogP contribution is -2.31. The van der Waals surface area contributed by atoms with E-state index in [4.69, 9.17) is 4.74 Å². The second kappa shape index (κ2) is 7.97. The summed E-state index contributed by atoms with van der Waals surface area (Å²) in [5.74, 6) is 0.704. The average Bonchev–Trinajstić information content (AvgIpc) is 3.16. The highest BCUT2D eigenvalue weighted by Gasteiger charge is 2.18. The van der Waals surface area contributed by atoms with Crippen LogP contribution in [0, 0.1) is 0 Å². The van der Waals surface area contributed by atoms with Crippen molar-refractivity contribution in [2.75, 3.05) is 0 Å². The average molecular weight is 321 g/mol. The fraction of sp³-hybridized carbons (Fsp3) is 0.158. The van der Waals surface area contributed by atoms with Gasteiger partial charge in [-0.3, -0.25) is 0 Å². The van der Waals surface area contributed by atoms with E-state index >= 15 is 0 Å². The number of aromatic amines is 1. The number of aromatic nitrogens is 2. The van der Waals surface area contributed by atoms with Crippen LogP contribution in [0.3, 0.4) is 0 Å². The first-order valence-corrected chi connectivity index (χ1v) is 7.81. The third-order valence-corrected chi connectivity index (χ3v) is 3.64. The third kappa shape index (κ3) is 4.46. The summed E-state index contributed by atoms with van der Waals surface area (Å²) in [6, 6.07) is 19.3. The van der Waals surface area contributed by atoms with E-state index in [2.05, 4.69) is 15.3 Å². The second-order valence-electron chi connectivity index (χ2n) is 5.42. The number of nitrogens with zero attached hydrogens (tertiary/aromatic N) is 1. The predicted octanol–water partition coefficient (Wildman–Crippen LogP) is 3.62. The molecule has 2 aromatic carbocycles. The van der Waals surface area contributed by atoms with Crippen LogP contribution in [0.5, 0.6) is 0 Å². The van der Waals surface area contributed by atoms with Crippen molar-refractivity contribution in [1.29, 1.82) is 0 Å². The number of hydrogen-bond donors (Lipinski definition) is 2. The Balaban J connectivity index is 1.62. The maximum Gasteiger partial charge on any atom is 0.408 e. The lowest BCUT2D eigenvalue weighted by atomic mass is 10.1. The van der Waals surface area contributed by atoms with Crippen LogP contribution in [0.25, 0.3) is 0 Å². The predicted molar refractivity (Wildman–Crippen MR) is 91.2 cm³/mol. The Bertz CT molecular complexity index is 743. The molecule has 5 heteroatoms. The summed E-state index contributed by atoms with van der Waals surface area (Å²) in [7, 11) is 0. The number of carbonyl (C=O) groups is 1. The number of nitrogens with one attached hydrogen (secondary N) is 2. The summed E-state index contributed by atoms with van der Waals surface area (Å²) >= 11 is 0. The molecule has 0 aliphatic carbocycles. The van der Waals surface area contributed by atoms with E-state index in [0.717, 1.165) is 11.1 Å². The summed E-state index contributed by atoms with van der Waals surface area (Å²) < 4.78 is 5.30. The highest BCUT2D eigenvalue weighted by molar-refractivity contribution is 5.67. The second-order valence-corrected chi connectivity index (χ2v) is 5.42. The molecule has 3 aromatic rings. The van der Waals surface area contributed by atoms with Crippen LogP contribution in [-0.2, 0) is 17.8 Å². The molecule has 2 N–H and O–H groups in total. The van der Waals surface area contributed by atoms with E-state index < -0.39 is 6.09 Å². The molecule has 1 atom stereocenters. The molecule has 0 aliphatic heterocycles. The third-order valence-electron chi connectivity index (χ3n) is 3.64. The van der Waals surface area contributed by atoms with Crippen LogP contribution in [0.15, 0.2) is 73.1 Å². The fourth-order valence-electron chi connectivity index (χ4n) is 2.44. The van der Waals surface area contributed by atoms with Gasteiger partial charge in [-0.05, 0) is 11.1 Å². The molecule has 1 aromatic heterocycles. The minimum atomic E-state index is -0.462. The lowest BCUT2D eigenvalue weighted by Gasteiger charge is -2.17. The Morgan fingerprint density at radius 3 is 2.33 bits per heavy atom. The van der Waals surface area contributed by atoms with Crippen molar-refractivity contribution in [3.05, 3.63) is 90.0 Å². The van der Waals surface area contributed by atoms with Gasteiger partial charge in [0, 0.05) is 18.8 Å². The number of rotatable bonds is 6. The molecular formula is C19H19N3O2. The summed E-state index contributed by atoms with van der Waals surface area (Å²) in [5, 5.41) is 2.88. The van der Waals surface area contributed by atoms with Gasteiger partial charge >= 0.3 is 6.09 Å². The molecule has 24 heavy (non-hydrogen) atoms. The van der Waals surface area contributed by atoms with E-state index in [9.17, 15) is 4.79 Å². The largest absolute Gasteiger partial charge is 0.445 e. The van der Waals surface area contributed by atoms with Gasteiger partial charge in [0.15, 0.2) is 0 Å². The first kappa shape index (κ1) is 15.8. The number of ether oxygens (including phenoxy) is 1. The zero-order chi connectivity index (χ0) is 16.6. The molecule has 0 saturated carbocycles. The van der Waals surface area contributed by atoms with E-state index in [1.807, 2.05) is 60.7 Å². The van der Waals surface area contributed by atoms with E-state index in [1.165, 1.54) is 0 Å². The fourth-order valence-corrected chi connectivity index (χ4v) is 2.44. The molecule has 0 radical (unpaired) electrons. The van der Waals surface area contributed by atoms with Gasteiger partial charge in [-0.25, -0.2) is 9.78 Å². The molecule has 3 rings (SSSR count). The van der Waals surface area contributed by atoms with E-state index in [1.54, 1.807) is 12.4 Å². The number of hydrogen-bond acceptors (Lipinski definition) is 3. The van der Waals surface area contributed by atoms with Gasteiger partial charge in [0.1, 0.15) is 12.4 Å². The van der Waals surface area contributed by atoms with Gasteiger partial charge < -0.3 is 15.0 Å². The van der Waals surface area contributed by atoms with Crippen LogP contribution in [0.4, 0.5) is 4.79 Å². The topological polar surface area (TPSA) is 67.0 Å². The SMILES string of the molecule is O=C(NC(Cc1ccccc1)c1ncc[nH]1)OCc1ccccc1. The molecule has 1 heterocycles. The first-order chi connectivity index (χ1) is 11.8. The molecule has 5 nitrogen and oxygen atoms in total.